The van der Waals surface area contributed by atoms with Crippen LogP contribution in [0.1, 0.15) is 24.9 Å². The minimum atomic E-state index is -0.414. The number of allylic oxidation sites excluding steroid dienone is 1. The highest BCUT2D eigenvalue weighted by atomic mass is 32.1. The van der Waals surface area contributed by atoms with E-state index in [1.54, 1.807) is 59.9 Å². The molecular formula is C33H22FN3O2S2. The highest BCUT2D eigenvalue weighted by Crippen LogP contribution is 2.42. The van der Waals surface area contributed by atoms with Crippen LogP contribution in [0.15, 0.2) is 109 Å². The zero-order valence-corrected chi connectivity index (χ0v) is 23.1. The Morgan fingerprint density at radius 3 is 2.37 bits per heavy atom. The molecule has 5 nitrogen and oxygen atoms in total. The molecule has 8 heteroatoms. The number of pyridine rings is 1. The van der Waals surface area contributed by atoms with Gasteiger partial charge in [0.25, 0.3) is 5.91 Å². The fraction of sp³-hybridized carbons (Fsp3) is 0. The van der Waals surface area contributed by atoms with Crippen molar-refractivity contribution in [2.24, 2.45) is 0 Å². The van der Waals surface area contributed by atoms with Gasteiger partial charge in [-0.05, 0) is 65.6 Å². The summed E-state index contributed by atoms with van der Waals surface area (Å²) in [4.78, 5) is 32.5. The average molecular weight is 576 g/mol. The largest absolute Gasteiger partial charge is 0.397 e. The predicted molar refractivity (Wildman–Crippen MR) is 167 cm³/mol. The molecule has 41 heavy (non-hydrogen) atoms. The molecule has 0 saturated heterocycles. The number of nitrogen functional groups attached to an aromatic ring is 1. The minimum Gasteiger partial charge on any atom is -0.397 e. The first kappa shape index (κ1) is 26.3. The molecule has 3 aromatic carbocycles. The summed E-state index contributed by atoms with van der Waals surface area (Å²) in [5.74, 6) is -0.940. The molecule has 0 aliphatic heterocycles. The second kappa shape index (κ2) is 11.3. The second-order valence-corrected chi connectivity index (χ2v) is 11.1. The van der Waals surface area contributed by atoms with Crippen LogP contribution in [0.2, 0.25) is 0 Å². The molecule has 0 fully saturated rings. The topological polar surface area (TPSA) is 85.1 Å². The van der Waals surface area contributed by atoms with Gasteiger partial charge in [0.15, 0.2) is 5.78 Å². The number of hydrogen-bond acceptors (Lipinski definition) is 6. The summed E-state index contributed by atoms with van der Waals surface area (Å²) in [6.45, 7) is 0. The normalized spacial score (nSPS) is 11.2. The first-order valence-corrected chi connectivity index (χ1v) is 14.4. The van der Waals surface area contributed by atoms with Crippen molar-refractivity contribution in [3.63, 3.8) is 0 Å². The molecule has 0 aliphatic carbocycles. The second-order valence-electron chi connectivity index (χ2n) is 9.17. The van der Waals surface area contributed by atoms with Crippen LogP contribution in [0.3, 0.4) is 0 Å². The van der Waals surface area contributed by atoms with Gasteiger partial charge in [-0.25, -0.2) is 9.37 Å². The van der Waals surface area contributed by atoms with Crippen molar-refractivity contribution in [3.05, 3.63) is 130 Å². The number of nitrogens with zero attached hydrogens (tertiary/aromatic N) is 1. The summed E-state index contributed by atoms with van der Waals surface area (Å²) in [5.41, 5.74) is 10.3. The van der Waals surface area contributed by atoms with Gasteiger partial charge in [-0.3, -0.25) is 9.59 Å². The lowest BCUT2D eigenvalue weighted by Crippen LogP contribution is -2.12. The smallest absolute Gasteiger partial charge is 0.267 e. The first-order valence-electron chi connectivity index (χ1n) is 12.7. The lowest BCUT2D eigenvalue weighted by atomic mass is 9.99. The number of carbonyl (C=O) groups excluding carboxylic acids is 2. The monoisotopic (exact) mass is 575 g/mol. The fourth-order valence-corrected chi connectivity index (χ4v) is 6.12. The molecule has 0 atom stereocenters. The fourth-order valence-electron chi connectivity index (χ4n) is 4.48. The van der Waals surface area contributed by atoms with Crippen LogP contribution >= 0.6 is 22.7 Å². The molecular weight excluding hydrogens is 554 g/mol. The first-order chi connectivity index (χ1) is 20.0. The Morgan fingerprint density at radius 2 is 1.63 bits per heavy atom. The van der Waals surface area contributed by atoms with E-state index in [-0.39, 0.29) is 16.3 Å². The van der Waals surface area contributed by atoms with Crippen molar-refractivity contribution in [3.8, 4) is 22.4 Å². The van der Waals surface area contributed by atoms with E-state index in [9.17, 15) is 14.0 Å². The molecule has 0 unspecified atom stereocenters. The number of ketones is 1. The maximum atomic E-state index is 15.0. The number of fused-ring (bicyclic) bond motifs is 1. The molecule has 1 amide bonds. The van der Waals surface area contributed by atoms with Crippen LogP contribution in [0, 0.1) is 5.82 Å². The molecule has 6 aromatic rings. The number of amides is 1. The van der Waals surface area contributed by atoms with Crippen molar-refractivity contribution < 1.29 is 14.0 Å². The van der Waals surface area contributed by atoms with E-state index in [1.807, 2.05) is 53.9 Å². The third kappa shape index (κ3) is 5.43. The number of thiophene rings is 2. The van der Waals surface area contributed by atoms with E-state index in [0.29, 0.717) is 38.3 Å². The zero-order chi connectivity index (χ0) is 28.3. The third-order valence-electron chi connectivity index (χ3n) is 6.51. The number of halogens is 1. The number of aromatic nitrogens is 1. The van der Waals surface area contributed by atoms with E-state index >= 15 is 0 Å². The van der Waals surface area contributed by atoms with Crippen LogP contribution in [0.5, 0.6) is 0 Å². The summed E-state index contributed by atoms with van der Waals surface area (Å²) < 4.78 is 15.0. The van der Waals surface area contributed by atoms with E-state index in [4.69, 9.17) is 10.7 Å². The Hall–Kier alpha value is -4.92. The molecule has 0 bridgehead atoms. The lowest BCUT2D eigenvalue weighted by Gasteiger charge is -2.10. The molecule has 0 aliphatic rings. The van der Waals surface area contributed by atoms with Crippen molar-refractivity contribution in [1.82, 2.24) is 4.98 Å². The van der Waals surface area contributed by atoms with E-state index in [0.717, 1.165) is 21.8 Å². The summed E-state index contributed by atoms with van der Waals surface area (Å²) in [6, 6.07) is 28.4. The van der Waals surface area contributed by atoms with Crippen LogP contribution in [-0.4, -0.2) is 16.7 Å². The lowest BCUT2D eigenvalue weighted by molar-refractivity contribution is 0.102. The number of rotatable bonds is 7. The van der Waals surface area contributed by atoms with E-state index in [2.05, 4.69) is 5.32 Å². The van der Waals surface area contributed by atoms with Gasteiger partial charge in [0.05, 0.1) is 11.4 Å². The van der Waals surface area contributed by atoms with Gasteiger partial charge in [-0.2, -0.15) is 0 Å². The predicted octanol–water partition coefficient (Wildman–Crippen LogP) is 8.56. The maximum Gasteiger partial charge on any atom is 0.267 e. The van der Waals surface area contributed by atoms with Crippen LogP contribution in [0.25, 0.3) is 38.7 Å². The summed E-state index contributed by atoms with van der Waals surface area (Å²) >= 11 is 2.71. The highest BCUT2D eigenvalue weighted by Gasteiger charge is 2.23. The minimum absolute atomic E-state index is 0.133. The molecule has 3 aromatic heterocycles. The standard InChI is InChI=1S/C33H22FN3O2S2/c34-26-11-5-4-10-24(26)25-19-27(20-7-2-1-3-8-20)37-33-29(25)30(35)31(41-33)32(39)36-22-14-12-21(13-15-22)28(38)17-16-23-9-6-18-40-23/h1-19H,35H2,(H,36,39)/b17-16+. The molecule has 200 valence electrons. The van der Waals surface area contributed by atoms with Gasteiger partial charge >= 0.3 is 0 Å². The van der Waals surface area contributed by atoms with Gasteiger partial charge in [-0.1, -0.05) is 54.6 Å². The number of nitrogens with two attached hydrogens (primary N) is 1. The Bertz CT molecular complexity index is 1910. The van der Waals surface area contributed by atoms with Gasteiger partial charge < -0.3 is 11.1 Å². The van der Waals surface area contributed by atoms with Crippen LogP contribution in [0.4, 0.5) is 15.8 Å². The summed E-state index contributed by atoms with van der Waals surface area (Å²) in [6.07, 6.45) is 3.31. The van der Waals surface area contributed by atoms with Crippen molar-refractivity contribution in [1.29, 1.82) is 0 Å². The Balaban J connectivity index is 1.32. The Kier molecular flexibility index (Phi) is 7.24. The molecule has 3 N–H and O–H groups in total. The molecule has 0 spiro atoms. The quantitative estimate of drug-likeness (QED) is 0.148. The molecule has 3 heterocycles. The van der Waals surface area contributed by atoms with Gasteiger partial charge in [-0.15, -0.1) is 22.7 Å². The van der Waals surface area contributed by atoms with Gasteiger partial charge in [0.1, 0.15) is 15.5 Å². The van der Waals surface area contributed by atoms with Gasteiger partial charge in [0.2, 0.25) is 0 Å². The van der Waals surface area contributed by atoms with Crippen LogP contribution < -0.4 is 11.1 Å². The van der Waals surface area contributed by atoms with Crippen LogP contribution in [-0.2, 0) is 0 Å². The number of carbonyl (C=O) groups is 2. The van der Waals surface area contributed by atoms with E-state index in [1.165, 1.54) is 12.1 Å². The molecule has 0 radical (unpaired) electrons. The van der Waals surface area contributed by atoms with E-state index < -0.39 is 11.7 Å². The number of benzene rings is 3. The Morgan fingerprint density at radius 1 is 0.878 bits per heavy atom. The number of hydrogen-bond donors (Lipinski definition) is 2. The highest BCUT2D eigenvalue weighted by molar-refractivity contribution is 7.21. The molecule has 6 rings (SSSR count). The number of anilines is 2. The maximum absolute atomic E-state index is 15.0. The number of nitrogens with one attached hydrogen (secondary N) is 1. The SMILES string of the molecule is Nc1c(C(=O)Nc2ccc(C(=O)/C=C/c3cccs3)cc2)sc2nc(-c3ccccc3)cc(-c3ccccc3F)c12. The van der Waals surface area contributed by atoms with Crippen molar-refractivity contribution >= 4 is 62.0 Å². The molecule has 0 saturated carbocycles. The summed E-state index contributed by atoms with van der Waals surface area (Å²) in [5, 5.41) is 5.34. The third-order valence-corrected chi connectivity index (χ3v) is 8.44. The van der Waals surface area contributed by atoms with Crippen molar-refractivity contribution in [2.45, 2.75) is 0 Å². The zero-order valence-electron chi connectivity index (χ0n) is 21.5. The van der Waals surface area contributed by atoms with Crippen molar-refractivity contribution in [2.75, 3.05) is 11.1 Å². The average Bonchev–Trinajstić information content (AvgIpc) is 3.64. The summed E-state index contributed by atoms with van der Waals surface area (Å²) in [7, 11) is 0. The Labute approximate surface area is 243 Å². The van der Waals surface area contributed by atoms with Gasteiger partial charge in [0, 0.05) is 32.6 Å².